The van der Waals surface area contributed by atoms with E-state index >= 15 is 0 Å². The fraction of sp³-hybridized carbons (Fsp3) is 0.300. The number of rotatable bonds is 8. The highest BCUT2D eigenvalue weighted by Crippen LogP contribution is 2.31. The normalized spacial score (nSPS) is 13.5. The molecule has 1 fully saturated rings. The van der Waals surface area contributed by atoms with Crippen LogP contribution in [0.4, 0.5) is 24.5 Å². The number of amides is 2. The van der Waals surface area contributed by atoms with Crippen molar-refractivity contribution in [1.29, 1.82) is 0 Å². The summed E-state index contributed by atoms with van der Waals surface area (Å²) < 4.78 is 47.3. The van der Waals surface area contributed by atoms with E-state index in [2.05, 4.69) is 10.6 Å². The summed E-state index contributed by atoms with van der Waals surface area (Å²) in [4.78, 5) is 24.0. The fourth-order valence-electron chi connectivity index (χ4n) is 2.47. The highest BCUT2D eigenvalue weighted by molar-refractivity contribution is 6.31. The van der Waals surface area contributed by atoms with Gasteiger partial charge >= 0.3 is 6.18 Å². The number of halogens is 4. The van der Waals surface area contributed by atoms with Crippen molar-refractivity contribution in [3.05, 3.63) is 47.5 Å². The summed E-state index contributed by atoms with van der Waals surface area (Å²) in [5, 5.41) is 5.40. The van der Waals surface area contributed by atoms with Gasteiger partial charge in [0.2, 0.25) is 5.91 Å². The Morgan fingerprint density at radius 3 is 2.53 bits per heavy atom. The second-order valence-corrected chi connectivity index (χ2v) is 7.11. The van der Waals surface area contributed by atoms with E-state index in [0.717, 1.165) is 12.8 Å². The summed E-state index contributed by atoms with van der Waals surface area (Å²) in [7, 11) is 0. The number of hydrogen-bond donors (Lipinski definition) is 2. The second-order valence-electron chi connectivity index (χ2n) is 6.67. The Bertz CT molecular complexity index is 933. The lowest BCUT2D eigenvalue weighted by molar-refractivity contribution is -0.153. The third-order valence-corrected chi connectivity index (χ3v) is 4.26. The van der Waals surface area contributed by atoms with Crippen LogP contribution in [-0.2, 0) is 9.59 Å². The van der Waals surface area contributed by atoms with Gasteiger partial charge in [-0.3, -0.25) is 9.59 Å². The van der Waals surface area contributed by atoms with Crippen LogP contribution in [0.15, 0.2) is 42.5 Å². The van der Waals surface area contributed by atoms with E-state index in [1.165, 1.54) is 18.2 Å². The molecule has 3 rings (SSSR count). The van der Waals surface area contributed by atoms with Gasteiger partial charge in [-0.25, -0.2) is 0 Å². The maximum absolute atomic E-state index is 12.4. The summed E-state index contributed by atoms with van der Waals surface area (Å²) >= 11 is 5.85. The van der Waals surface area contributed by atoms with Crippen molar-refractivity contribution in [1.82, 2.24) is 0 Å². The Kier molecular flexibility index (Phi) is 6.71. The van der Waals surface area contributed by atoms with Gasteiger partial charge in [0.25, 0.3) is 5.91 Å². The van der Waals surface area contributed by atoms with Gasteiger partial charge < -0.3 is 20.1 Å². The fourth-order valence-corrected chi connectivity index (χ4v) is 2.65. The van der Waals surface area contributed by atoms with Gasteiger partial charge in [0.1, 0.15) is 11.5 Å². The Morgan fingerprint density at radius 1 is 1.07 bits per heavy atom. The first-order chi connectivity index (χ1) is 14.2. The van der Waals surface area contributed by atoms with Crippen molar-refractivity contribution in [2.75, 3.05) is 23.8 Å². The summed E-state index contributed by atoms with van der Waals surface area (Å²) in [6, 6.07) is 10.4. The van der Waals surface area contributed by atoms with Crippen molar-refractivity contribution in [2.24, 2.45) is 5.92 Å². The molecule has 2 N–H and O–H groups in total. The van der Waals surface area contributed by atoms with Gasteiger partial charge in [0.15, 0.2) is 13.2 Å². The number of ether oxygens (including phenoxy) is 2. The molecule has 0 spiro atoms. The van der Waals surface area contributed by atoms with Crippen LogP contribution in [-0.4, -0.2) is 31.2 Å². The third kappa shape index (κ3) is 6.84. The molecule has 6 nitrogen and oxygen atoms in total. The minimum atomic E-state index is -4.52. The summed E-state index contributed by atoms with van der Waals surface area (Å²) in [5.74, 6) is -0.459. The third-order valence-electron chi connectivity index (χ3n) is 4.03. The van der Waals surface area contributed by atoms with Crippen molar-refractivity contribution < 1.29 is 32.2 Å². The van der Waals surface area contributed by atoms with Crippen LogP contribution >= 0.6 is 11.6 Å². The first-order valence-corrected chi connectivity index (χ1v) is 9.40. The number of carbonyl (C=O) groups is 2. The predicted octanol–water partition coefficient (Wildman–Crippen LogP) is 4.65. The number of alkyl halides is 3. The van der Waals surface area contributed by atoms with E-state index in [9.17, 15) is 22.8 Å². The van der Waals surface area contributed by atoms with Gasteiger partial charge in [-0.1, -0.05) is 17.7 Å². The molecule has 0 unspecified atom stereocenters. The molecule has 1 saturated carbocycles. The molecule has 2 aromatic carbocycles. The van der Waals surface area contributed by atoms with Gasteiger partial charge in [0.05, 0.1) is 5.69 Å². The Morgan fingerprint density at radius 2 is 1.83 bits per heavy atom. The second kappa shape index (κ2) is 9.25. The minimum Gasteiger partial charge on any atom is -0.484 e. The van der Waals surface area contributed by atoms with Crippen LogP contribution in [0.3, 0.4) is 0 Å². The molecule has 2 aromatic rings. The number of anilines is 2. The van der Waals surface area contributed by atoms with Crippen LogP contribution in [0, 0.1) is 5.92 Å². The maximum atomic E-state index is 12.4. The van der Waals surface area contributed by atoms with E-state index in [-0.39, 0.29) is 28.3 Å². The van der Waals surface area contributed by atoms with Crippen LogP contribution in [0.1, 0.15) is 12.8 Å². The summed E-state index contributed by atoms with van der Waals surface area (Å²) in [6.07, 6.45) is -2.77. The number of benzene rings is 2. The molecule has 0 saturated heterocycles. The van der Waals surface area contributed by atoms with Crippen LogP contribution in [0.2, 0.25) is 5.02 Å². The van der Waals surface area contributed by atoms with E-state index in [0.29, 0.717) is 11.4 Å². The summed E-state index contributed by atoms with van der Waals surface area (Å²) in [6.45, 7) is -1.92. The number of carbonyl (C=O) groups excluding carboxylic acids is 2. The molecule has 0 aliphatic heterocycles. The lowest BCUT2D eigenvalue weighted by Gasteiger charge is -2.14. The van der Waals surface area contributed by atoms with Crippen molar-refractivity contribution in [3.8, 4) is 11.5 Å². The largest absolute Gasteiger partial charge is 0.484 e. The zero-order chi connectivity index (χ0) is 21.7. The average molecular weight is 443 g/mol. The SMILES string of the molecule is O=C(COc1cccc(NC(=O)C2CC2)c1)Nc1cc(Cl)ccc1OCC(F)(F)F. The molecule has 1 aliphatic carbocycles. The molecular formula is C20H18ClF3N2O4. The molecule has 30 heavy (non-hydrogen) atoms. The van der Waals surface area contributed by atoms with Crippen LogP contribution in [0.25, 0.3) is 0 Å². The van der Waals surface area contributed by atoms with Crippen molar-refractivity contribution >= 4 is 34.8 Å². The number of hydrogen-bond acceptors (Lipinski definition) is 4. The van der Waals surface area contributed by atoms with Crippen molar-refractivity contribution in [2.45, 2.75) is 19.0 Å². The topological polar surface area (TPSA) is 76.7 Å². The Labute approximate surface area is 175 Å². The zero-order valence-corrected chi connectivity index (χ0v) is 16.3. The zero-order valence-electron chi connectivity index (χ0n) is 15.6. The first-order valence-electron chi connectivity index (χ1n) is 9.02. The summed E-state index contributed by atoms with van der Waals surface area (Å²) in [5.41, 5.74) is 0.535. The maximum Gasteiger partial charge on any atom is 0.422 e. The number of nitrogens with one attached hydrogen (secondary N) is 2. The molecule has 0 atom stereocenters. The van der Waals surface area contributed by atoms with E-state index in [4.69, 9.17) is 21.1 Å². The Balaban J connectivity index is 1.57. The average Bonchev–Trinajstić information content (AvgIpc) is 3.51. The van der Waals surface area contributed by atoms with Crippen LogP contribution in [0.5, 0.6) is 11.5 Å². The molecule has 2 amide bonds. The van der Waals surface area contributed by atoms with Gasteiger partial charge in [-0.05, 0) is 43.2 Å². The first kappa shape index (κ1) is 21.8. The molecule has 0 heterocycles. The van der Waals surface area contributed by atoms with Gasteiger partial charge in [0, 0.05) is 22.7 Å². The van der Waals surface area contributed by atoms with E-state index in [1.807, 2.05) is 0 Å². The van der Waals surface area contributed by atoms with Gasteiger partial charge in [-0.15, -0.1) is 0 Å². The molecule has 1 aliphatic rings. The monoisotopic (exact) mass is 442 g/mol. The van der Waals surface area contributed by atoms with E-state index in [1.54, 1.807) is 24.3 Å². The smallest absolute Gasteiger partial charge is 0.422 e. The Hall–Kier alpha value is -2.94. The van der Waals surface area contributed by atoms with Crippen molar-refractivity contribution in [3.63, 3.8) is 0 Å². The highest BCUT2D eigenvalue weighted by atomic mass is 35.5. The lowest BCUT2D eigenvalue weighted by Crippen LogP contribution is -2.22. The standard InChI is InChI=1S/C20H18ClF3N2O4/c21-13-6-7-17(30-11-20(22,23)24)16(8-13)26-18(27)10-29-15-3-1-2-14(9-15)25-19(28)12-4-5-12/h1-3,6-9,12H,4-5,10-11H2,(H,25,28)(H,26,27). The molecule has 10 heteroatoms. The molecular weight excluding hydrogens is 425 g/mol. The quantitative estimate of drug-likeness (QED) is 0.624. The lowest BCUT2D eigenvalue weighted by atomic mass is 10.2. The minimum absolute atomic E-state index is 0.00852. The molecule has 160 valence electrons. The van der Waals surface area contributed by atoms with Crippen LogP contribution < -0.4 is 20.1 Å². The van der Waals surface area contributed by atoms with Gasteiger partial charge in [-0.2, -0.15) is 13.2 Å². The molecule has 0 aromatic heterocycles. The molecule has 0 bridgehead atoms. The molecule has 0 radical (unpaired) electrons. The van der Waals surface area contributed by atoms with E-state index < -0.39 is 25.3 Å². The predicted molar refractivity (Wildman–Crippen MR) is 105 cm³/mol. The highest BCUT2D eigenvalue weighted by Gasteiger charge is 2.30.